The third-order valence-electron chi connectivity index (χ3n) is 2.72. The Morgan fingerprint density at radius 3 is 2.65 bits per heavy atom. The quantitative estimate of drug-likeness (QED) is 0.800. The van der Waals surface area contributed by atoms with Gasteiger partial charge in [-0.15, -0.1) is 0 Å². The molecule has 0 aliphatic rings. The molecule has 0 aromatic heterocycles. The molecule has 6 heteroatoms. The van der Waals surface area contributed by atoms with Gasteiger partial charge in [0.2, 0.25) is 0 Å². The Bertz CT molecular complexity index is 411. The molecule has 112 valence electrons. The first-order chi connectivity index (χ1) is 9.56. The van der Waals surface area contributed by atoms with E-state index in [9.17, 15) is 9.18 Å². The van der Waals surface area contributed by atoms with E-state index in [0.29, 0.717) is 18.8 Å². The van der Waals surface area contributed by atoms with E-state index < -0.39 is 0 Å². The molecule has 0 radical (unpaired) electrons. The van der Waals surface area contributed by atoms with E-state index in [-0.39, 0.29) is 31.1 Å². The second-order valence-corrected chi connectivity index (χ2v) is 4.42. The molecule has 20 heavy (non-hydrogen) atoms. The number of ether oxygens (including phenoxy) is 1. The van der Waals surface area contributed by atoms with Gasteiger partial charge in [-0.25, -0.2) is 9.18 Å². The van der Waals surface area contributed by atoms with Crippen LogP contribution in [0.4, 0.5) is 9.18 Å². The van der Waals surface area contributed by atoms with E-state index >= 15 is 0 Å². The number of hydrogen-bond donors (Lipinski definition) is 2. The number of urea groups is 1. The Balaban J connectivity index is 2.37. The fourth-order valence-electron chi connectivity index (χ4n) is 1.62. The fourth-order valence-corrected chi connectivity index (χ4v) is 1.62. The number of aliphatic hydroxyl groups is 1. The smallest absolute Gasteiger partial charge is 0.317 e. The molecule has 0 saturated carbocycles. The van der Waals surface area contributed by atoms with Gasteiger partial charge in [-0.1, -0.05) is 0 Å². The van der Waals surface area contributed by atoms with Crippen LogP contribution in [-0.2, 0) is 0 Å². The van der Waals surface area contributed by atoms with Crippen molar-refractivity contribution in [1.82, 2.24) is 10.2 Å². The van der Waals surface area contributed by atoms with E-state index in [1.54, 1.807) is 0 Å². The summed E-state index contributed by atoms with van der Waals surface area (Å²) in [5.74, 6) is 0.233. The van der Waals surface area contributed by atoms with Gasteiger partial charge in [0.25, 0.3) is 0 Å². The largest absolute Gasteiger partial charge is 0.491 e. The van der Waals surface area contributed by atoms with Crippen molar-refractivity contribution in [1.29, 1.82) is 0 Å². The van der Waals surface area contributed by atoms with E-state index in [1.165, 1.54) is 29.2 Å². The number of benzene rings is 1. The van der Waals surface area contributed by atoms with Crippen LogP contribution in [0.2, 0.25) is 0 Å². The fraction of sp³-hybridized carbons (Fsp3) is 0.500. The number of rotatable bonds is 7. The highest BCUT2D eigenvalue weighted by Gasteiger charge is 2.13. The van der Waals surface area contributed by atoms with Gasteiger partial charge in [-0.3, -0.25) is 0 Å². The summed E-state index contributed by atoms with van der Waals surface area (Å²) in [7, 11) is 0. The van der Waals surface area contributed by atoms with Gasteiger partial charge in [0, 0.05) is 13.1 Å². The molecule has 1 aromatic carbocycles. The van der Waals surface area contributed by atoms with Gasteiger partial charge < -0.3 is 20.1 Å². The molecule has 0 heterocycles. The average molecular weight is 284 g/mol. The summed E-state index contributed by atoms with van der Waals surface area (Å²) >= 11 is 0. The normalized spacial score (nSPS) is 11.8. The molecule has 2 N–H and O–H groups in total. The predicted molar refractivity (Wildman–Crippen MR) is 74.2 cm³/mol. The standard InChI is InChI=1S/C14H21FN2O3/c1-3-17(8-9-18)14(19)16-11(2)10-20-13-6-4-12(15)5-7-13/h4-7,11,18H,3,8-10H2,1-2H3,(H,16,19). The Kier molecular flexibility index (Phi) is 6.79. The number of aliphatic hydroxyl groups excluding tert-OH is 1. The SMILES string of the molecule is CCN(CCO)C(=O)NC(C)COc1ccc(F)cc1. The minimum absolute atomic E-state index is 0.0677. The summed E-state index contributed by atoms with van der Waals surface area (Å²) in [5.41, 5.74) is 0. The number of nitrogens with one attached hydrogen (secondary N) is 1. The van der Waals surface area contributed by atoms with Crippen molar-refractivity contribution in [2.45, 2.75) is 19.9 Å². The molecule has 0 bridgehead atoms. The monoisotopic (exact) mass is 284 g/mol. The zero-order chi connectivity index (χ0) is 15.0. The molecule has 1 unspecified atom stereocenters. The third-order valence-corrected chi connectivity index (χ3v) is 2.72. The zero-order valence-electron chi connectivity index (χ0n) is 11.8. The van der Waals surface area contributed by atoms with Crippen LogP contribution in [0.5, 0.6) is 5.75 Å². The summed E-state index contributed by atoms with van der Waals surface area (Å²) in [4.78, 5) is 13.3. The molecule has 2 amide bonds. The number of halogens is 1. The van der Waals surface area contributed by atoms with Crippen LogP contribution in [-0.4, -0.2) is 48.4 Å². The van der Waals surface area contributed by atoms with Gasteiger partial charge in [0.15, 0.2) is 0 Å². The van der Waals surface area contributed by atoms with Gasteiger partial charge in [0.1, 0.15) is 18.2 Å². The molecule has 5 nitrogen and oxygen atoms in total. The van der Waals surface area contributed by atoms with Crippen molar-refractivity contribution in [3.63, 3.8) is 0 Å². The van der Waals surface area contributed by atoms with E-state index in [1.807, 2.05) is 13.8 Å². The van der Waals surface area contributed by atoms with Crippen LogP contribution in [0.1, 0.15) is 13.8 Å². The molecule has 0 fully saturated rings. The van der Waals surface area contributed by atoms with E-state index in [2.05, 4.69) is 5.32 Å². The van der Waals surface area contributed by atoms with Crippen LogP contribution < -0.4 is 10.1 Å². The third kappa shape index (κ3) is 5.44. The van der Waals surface area contributed by atoms with Gasteiger partial charge in [0.05, 0.1) is 12.6 Å². The second-order valence-electron chi connectivity index (χ2n) is 4.42. The highest BCUT2D eigenvalue weighted by molar-refractivity contribution is 5.74. The van der Waals surface area contributed by atoms with Gasteiger partial charge >= 0.3 is 6.03 Å². The maximum atomic E-state index is 12.7. The van der Waals surface area contributed by atoms with Crippen LogP contribution in [0, 0.1) is 5.82 Å². The van der Waals surface area contributed by atoms with Crippen LogP contribution >= 0.6 is 0 Å². The Labute approximate surface area is 118 Å². The summed E-state index contributed by atoms with van der Waals surface area (Å²) in [5, 5.41) is 11.6. The summed E-state index contributed by atoms with van der Waals surface area (Å²) in [6, 6.07) is 5.27. The summed E-state index contributed by atoms with van der Waals surface area (Å²) < 4.78 is 18.2. The molecule has 1 aromatic rings. The van der Waals surface area contributed by atoms with Crippen LogP contribution in [0.25, 0.3) is 0 Å². The highest BCUT2D eigenvalue weighted by Crippen LogP contribution is 2.11. The molecule has 1 atom stereocenters. The number of nitrogens with zero attached hydrogens (tertiary/aromatic N) is 1. The summed E-state index contributed by atoms with van der Waals surface area (Å²) in [6.45, 7) is 4.70. The Hall–Kier alpha value is -1.82. The minimum Gasteiger partial charge on any atom is -0.491 e. The van der Waals surface area contributed by atoms with Crippen LogP contribution in [0.15, 0.2) is 24.3 Å². The number of carbonyl (C=O) groups excluding carboxylic acids is 1. The van der Waals surface area contributed by atoms with Crippen LogP contribution in [0.3, 0.4) is 0 Å². The number of amides is 2. The molecule has 0 saturated heterocycles. The molecule has 1 rings (SSSR count). The molecular weight excluding hydrogens is 263 g/mol. The first-order valence-corrected chi connectivity index (χ1v) is 6.61. The predicted octanol–water partition coefficient (Wildman–Crippen LogP) is 1.62. The zero-order valence-corrected chi connectivity index (χ0v) is 11.8. The molecular formula is C14H21FN2O3. The van der Waals surface area contributed by atoms with E-state index in [0.717, 1.165) is 0 Å². The van der Waals surface area contributed by atoms with E-state index in [4.69, 9.17) is 9.84 Å². The lowest BCUT2D eigenvalue weighted by Gasteiger charge is -2.23. The Morgan fingerprint density at radius 1 is 1.45 bits per heavy atom. The lowest BCUT2D eigenvalue weighted by molar-refractivity contribution is 0.172. The topological polar surface area (TPSA) is 61.8 Å². The maximum absolute atomic E-state index is 12.7. The van der Waals surface area contributed by atoms with Crippen molar-refractivity contribution in [2.75, 3.05) is 26.3 Å². The Morgan fingerprint density at radius 2 is 2.10 bits per heavy atom. The first-order valence-electron chi connectivity index (χ1n) is 6.61. The first kappa shape index (κ1) is 16.2. The second kappa shape index (κ2) is 8.37. The van der Waals surface area contributed by atoms with Crippen molar-refractivity contribution >= 4 is 6.03 Å². The van der Waals surface area contributed by atoms with Crippen molar-refractivity contribution in [2.24, 2.45) is 0 Å². The lowest BCUT2D eigenvalue weighted by atomic mass is 10.3. The number of hydrogen-bond acceptors (Lipinski definition) is 3. The lowest BCUT2D eigenvalue weighted by Crippen LogP contribution is -2.46. The highest BCUT2D eigenvalue weighted by atomic mass is 19.1. The van der Waals surface area contributed by atoms with Crippen molar-refractivity contribution in [3.8, 4) is 5.75 Å². The minimum atomic E-state index is -0.318. The number of likely N-dealkylation sites (N-methyl/N-ethyl adjacent to an activating group) is 1. The van der Waals surface area contributed by atoms with Crippen molar-refractivity contribution in [3.05, 3.63) is 30.1 Å². The van der Waals surface area contributed by atoms with Gasteiger partial charge in [-0.2, -0.15) is 0 Å². The van der Waals surface area contributed by atoms with Crippen molar-refractivity contribution < 1.29 is 19.0 Å². The number of carbonyl (C=O) groups is 1. The summed E-state index contributed by atoms with van der Waals surface area (Å²) in [6.07, 6.45) is 0. The molecule has 0 spiro atoms. The maximum Gasteiger partial charge on any atom is 0.317 e. The van der Waals surface area contributed by atoms with Gasteiger partial charge in [-0.05, 0) is 38.1 Å². The molecule has 0 aliphatic heterocycles. The molecule has 0 aliphatic carbocycles. The average Bonchev–Trinajstić information content (AvgIpc) is 2.44.